The molecule has 0 unspecified atom stereocenters. The van der Waals surface area contributed by atoms with Crippen molar-refractivity contribution < 1.29 is 5.11 Å². The molecule has 86 valence electrons. The third kappa shape index (κ3) is 4.70. The van der Waals surface area contributed by atoms with Crippen molar-refractivity contribution in [2.24, 2.45) is 5.73 Å². The van der Waals surface area contributed by atoms with E-state index in [0.717, 1.165) is 22.9 Å². The SMILES string of the molecule is Cl.N[C@@H](CCCO)c1ccc(Cl)cc1Br. The number of hydrogen-bond donors (Lipinski definition) is 2. The molecule has 2 nitrogen and oxygen atoms in total. The molecular weight excluding hydrogens is 301 g/mol. The highest BCUT2D eigenvalue weighted by molar-refractivity contribution is 9.10. The van der Waals surface area contributed by atoms with Crippen molar-refractivity contribution in [1.82, 2.24) is 0 Å². The van der Waals surface area contributed by atoms with Crippen LogP contribution in [0.25, 0.3) is 0 Å². The summed E-state index contributed by atoms with van der Waals surface area (Å²) in [6.45, 7) is 0.179. The minimum atomic E-state index is -0.0474. The lowest BCUT2D eigenvalue weighted by Gasteiger charge is -2.13. The molecule has 0 radical (unpaired) electrons. The first-order chi connectivity index (χ1) is 6.65. The normalized spacial score (nSPS) is 12.0. The van der Waals surface area contributed by atoms with Gasteiger partial charge in [0.1, 0.15) is 0 Å². The van der Waals surface area contributed by atoms with Gasteiger partial charge >= 0.3 is 0 Å². The average Bonchev–Trinajstić information content (AvgIpc) is 2.14. The third-order valence-electron chi connectivity index (χ3n) is 2.04. The summed E-state index contributed by atoms with van der Waals surface area (Å²) >= 11 is 9.23. The van der Waals surface area contributed by atoms with Crippen molar-refractivity contribution in [3.8, 4) is 0 Å². The predicted molar refractivity (Wildman–Crippen MR) is 69.6 cm³/mol. The number of benzene rings is 1. The number of aliphatic hydroxyl groups excluding tert-OH is 1. The molecule has 0 aromatic heterocycles. The van der Waals surface area contributed by atoms with E-state index < -0.39 is 0 Å². The highest BCUT2D eigenvalue weighted by Gasteiger charge is 2.09. The van der Waals surface area contributed by atoms with Crippen molar-refractivity contribution in [2.75, 3.05) is 6.61 Å². The van der Waals surface area contributed by atoms with Crippen LogP contribution < -0.4 is 5.73 Å². The molecule has 1 aromatic rings. The lowest BCUT2D eigenvalue weighted by atomic mass is 10.0. The van der Waals surface area contributed by atoms with Crippen LogP contribution in [0.4, 0.5) is 0 Å². The first-order valence-corrected chi connectivity index (χ1v) is 5.63. The van der Waals surface area contributed by atoms with Crippen LogP contribution in [0.3, 0.4) is 0 Å². The minimum Gasteiger partial charge on any atom is -0.396 e. The molecule has 0 saturated heterocycles. The van der Waals surface area contributed by atoms with Crippen LogP contribution in [0.2, 0.25) is 5.02 Å². The Kier molecular flexibility index (Phi) is 7.57. The summed E-state index contributed by atoms with van der Waals surface area (Å²) in [5.74, 6) is 0. The average molecular weight is 315 g/mol. The van der Waals surface area contributed by atoms with E-state index in [1.54, 1.807) is 0 Å². The highest BCUT2D eigenvalue weighted by Crippen LogP contribution is 2.27. The van der Waals surface area contributed by atoms with Gasteiger partial charge in [-0.1, -0.05) is 33.6 Å². The molecule has 0 fully saturated rings. The molecule has 0 aliphatic heterocycles. The number of nitrogens with two attached hydrogens (primary N) is 1. The zero-order valence-corrected chi connectivity index (χ0v) is 11.3. The van der Waals surface area contributed by atoms with Gasteiger partial charge in [-0.05, 0) is 30.5 Å². The number of hydrogen-bond acceptors (Lipinski definition) is 2. The van der Waals surface area contributed by atoms with Crippen LogP contribution in [-0.4, -0.2) is 11.7 Å². The zero-order valence-electron chi connectivity index (χ0n) is 8.12. The molecule has 5 heteroatoms. The van der Waals surface area contributed by atoms with Crippen LogP contribution in [0.5, 0.6) is 0 Å². The number of aliphatic hydroxyl groups is 1. The maximum atomic E-state index is 8.69. The van der Waals surface area contributed by atoms with E-state index in [-0.39, 0.29) is 25.1 Å². The molecule has 0 amide bonds. The Morgan fingerprint density at radius 2 is 2.13 bits per heavy atom. The first kappa shape index (κ1) is 15.2. The molecule has 15 heavy (non-hydrogen) atoms. The second-order valence-electron chi connectivity index (χ2n) is 3.14. The Balaban J connectivity index is 0.00000196. The maximum Gasteiger partial charge on any atom is 0.0431 e. The standard InChI is InChI=1S/C10H13BrClNO.ClH/c11-9-6-7(12)3-4-8(9)10(13)2-1-5-14;/h3-4,6,10,14H,1-2,5,13H2;1H/t10-;/m0./s1. The van der Waals surface area contributed by atoms with Gasteiger partial charge < -0.3 is 10.8 Å². The summed E-state index contributed by atoms with van der Waals surface area (Å²) in [7, 11) is 0. The van der Waals surface area contributed by atoms with E-state index in [2.05, 4.69) is 15.9 Å². The smallest absolute Gasteiger partial charge is 0.0431 e. The molecule has 1 aromatic carbocycles. The first-order valence-electron chi connectivity index (χ1n) is 4.46. The topological polar surface area (TPSA) is 46.2 Å². The second kappa shape index (κ2) is 7.47. The van der Waals surface area contributed by atoms with Crippen LogP contribution in [0, 0.1) is 0 Å². The fraction of sp³-hybridized carbons (Fsp3) is 0.400. The van der Waals surface area contributed by atoms with E-state index in [1.807, 2.05) is 18.2 Å². The Morgan fingerprint density at radius 1 is 1.47 bits per heavy atom. The molecule has 3 N–H and O–H groups in total. The molecule has 0 bridgehead atoms. The van der Waals surface area contributed by atoms with Crippen LogP contribution >= 0.6 is 39.9 Å². The van der Waals surface area contributed by atoms with Crippen molar-refractivity contribution >= 4 is 39.9 Å². The Morgan fingerprint density at radius 3 is 2.67 bits per heavy atom. The van der Waals surface area contributed by atoms with Crippen molar-refractivity contribution in [3.05, 3.63) is 33.3 Å². The maximum absolute atomic E-state index is 8.69. The summed E-state index contributed by atoms with van der Waals surface area (Å²) in [6.07, 6.45) is 1.49. The Hall–Kier alpha value is 0.200. The molecule has 0 aliphatic carbocycles. The number of rotatable bonds is 4. The van der Waals surface area contributed by atoms with Crippen LogP contribution in [0.15, 0.2) is 22.7 Å². The van der Waals surface area contributed by atoms with Crippen molar-refractivity contribution in [3.63, 3.8) is 0 Å². The summed E-state index contributed by atoms with van der Waals surface area (Å²) in [5.41, 5.74) is 6.98. The lowest BCUT2D eigenvalue weighted by Crippen LogP contribution is -2.11. The Labute approximate surface area is 109 Å². The minimum absolute atomic E-state index is 0. The van der Waals surface area contributed by atoms with Crippen molar-refractivity contribution in [1.29, 1.82) is 0 Å². The van der Waals surface area contributed by atoms with E-state index >= 15 is 0 Å². The zero-order chi connectivity index (χ0) is 10.6. The summed E-state index contributed by atoms with van der Waals surface area (Å²) in [6, 6.07) is 5.51. The summed E-state index contributed by atoms with van der Waals surface area (Å²) in [5, 5.41) is 9.38. The monoisotopic (exact) mass is 313 g/mol. The van der Waals surface area contributed by atoms with Gasteiger partial charge in [-0.25, -0.2) is 0 Å². The lowest BCUT2D eigenvalue weighted by molar-refractivity contribution is 0.280. The molecule has 1 rings (SSSR count). The van der Waals surface area contributed by atoms with E-state index in [1.165, 1.54) is 0 Å². The van der Waals surface area contributed by atoms with Gasteiger partial charge in [0.25, 0.3) is 0 Å². The third-order valence-corrected chi connectivity index (χ3v) is 2.96. The molecule has 0 aliphatic rings. The van der Waals surface area contributed by atoms with E-state index in [9.17, 15) is 0 Å². The van der Waals surface area contributed by atoms with E-state index in [4.69, 9.17) is 22.4 Å². The fourth-order valence-corrected chi connectivity index (χ4v) is 2.25. The van der Waals surface area contributed by atoms with Gasteiger partial charge in [0.2, 0.25) is 0 Å². The molecule has 0 heterocycles. The molecule has 0 spiro atoms. The second-order valence-corrected chi connectivity index (χ2v) is 4.43. The Bertz CT molecular complexity index is 309. The molecule has 0 saturated carbocycles. The molecule has 1 atom stereocenters. The van der Waals surface area contributed by atoms with Gasteiger partial charge in [0.05, 0.1) is 0 Å². The van der Waals surface area contributed by atoms with Crippen molar-refractivity contribution in [2.45, 2.75) is 18.9 Å². The van der Waals surface area contributed by atoms with Crippen LogP contribution in [-0.2, 0) is 0 Å². The van der Waals surface area contributed by atoms with Gasteiger partial charge in [-0.3, -0.25) is 0 Å². The van der Waals surface area contributed by atoms with Gasteiger partial charge in [0, 0.05) is 22.1 Å². The summed E-state index contributed by atoms with van der Waals surface area (Å²) in [4.78, 5) is 0. The quantitative estimate of drug-likeness (QED) is 0.895. The molecular formula is C10H14BrCl2NO. The highest BCUT2D eigenvalue weighted by atomic mass is 79.9. The number of halogens is 3. The van der Waals surface area contributed by atoms with E-state index in [0.29, 0.717) is 5.02 Å². The predicted octanol–water partition coefficient (Wildman–Crippen LogP) is 3.30. The van der Waals surface area contributed by atoms with Gasteiger partial charge in [-0.2, -0.15) is 0 Å². The van der Waals surface area contributed by atoms with Crippen LogP contribution in [0.1, 0.15) is 24.4 Å². The largest absolute Gasteiger partial charge is 0.396 e. The fourth-order valence-electron chi connectivity index (χ4n) is 1.27. The summed E-state index contributed by atoms with van der Waals surface area (Å²) < 4.78 is 0.926. The van der Waals surface area contributed by atoms with Gasteiger partial charge in [0.15, 0.2) is 0 Å². The van der Waals surface area contributed by atoms with Gasteiger partial charge in [-0.15, -0.1) is 12.4 Å².